The van der Waals surface area contributed by atoms with Gasteiger partial charge >= 0.3 is 25.0 Å². The molecule has 1 saturated heterocycles. The molecule has 0 bridgehead atoms. The standard InChI is InChI=1S/C26H35BO8/c1-17(28)33-16-21(27-34-24(2,3)25(4,5)35-27)20-15-26(22(29)31-6,23(30)32-7)14-19(20)13-18-11-9-8-10-12-18/h8-13,20-21H,14-16H2,1-7H3/b19-13+/t20-,21-/m0/s1. The van der Waals surface area contributed by atoms with E-state index in [2.05, 4.69) is 0 Å². The Morgan fingerprint density at radius 1 is 1.03 bits per heavy atom. The van der Waals surface area contributed by atoms with Gasteiger partial charge in [-0.3, -0.25) is 14.4 Å². The maximum absolute atomic E-state index is 13.0. The second-order valence-corrected chi connectivity index (χ2v) is 10.3. The topological polar surface area (TPSA) is 97.4 Å². The number of esters is 3. The normalized spacial score (nSPS) is 24.1. The number of ether oxygens (including phenoxy) is 3. The molecule has 9 heteroatoms. The average molecular weight is 486 g/mol. The minimum Gasteiger partial charge on any atom is -0.468 e. The van der Waals surface area contributed by atoms with E-state index in [1.165, 1.54) is 21.1 Å². The van der Waals surface area contributed by atoms with Gasteiger partial charge in [0, 0.05) is 12.7 Å². The molecule has 0 spiro atoms. The zero-order chi connectivity index (χ0) is 26.0. The fourth-order valence-electron chi connectivity index (χ4n) is 4.85. The molecule has 0 radical (unpaired) electrons. The van der Waals surface area contributed by atoms with E-state index in [1.807, 2.05) is 64.1 Å². The quantitative estimate of drug-likeness (QED) is 0.248. The predicted molar refractivity (Wildman–Crippen MR) is 130 cm³/mol. The van der Waals surface area contributed by atoms with Crippen molar-refractivity contribution < 1.29 is 37.9 Å². The van der Waals surface area contributed by atoms with Crippen LogP contribution in [-0.2, 0) is 37.9 Å². The summed E-state index contributed by atoms with van der Waals surface area (Å²) in [6.07, 6.45) is 2.19. The lowest BCUT2D eigenvalue weighted by Gasteiger charge is -2.32. The summed E-state index contributed by atoms with van der Waals surface area (Å²) >= 11 is 0. The van der Waals surface area contributed by atoms with Gasteiger partial charge in [0.05, 0.1) is 32.0 Å². The molecule has 1 aromatic carbocycles. The van der Waals surface area contributed by atoms with Crippen molar-refractivity contribution >= 4 is 31.1 Å². The van der Waals surface area contributed by atoms with E-state index in [1.54, 1.807) is 0 Å². The van der Waals surface area contributed by atoms with E-state index in [9.17, 15) is 14.4 Å². The van der Waals surface area contributed by atoms with Crippen LogP contribution in [0.5, 0.6) is 0 Å². The van der Waals surface area contributed by atoms with E-state index in [4.69, 9.17) is 23.5 Å². The zero-order valence-electron chi connectivity index (χ0n) is 21.6. The first-order valence-corrected chi connectivity index (χ1v) is 11.8. The van der Waals surface area contributed by atoms with Crippen LogP contribution in [0.2, 0.25) is 5.82 Å². The lowest BCUT2D eigenvalue weighted by atomic mass is 9.63. The van der Waals surface area contributed by atoms with Gasteiger partial charge < -0.3 is 23.5 Å². The van der Waals surface area contributed by atoms with Gasteiger partial charge in [-0.05, 0) is 52.0 Å². The molecule has 0 aromatic heterocycles. The van der Waals surface area contributed by atoms with Crippen molar-refractivity contribution in [2.24, 2.45) is 11.3 Å². The smallest absolute Gasteiger partial charge is 0.465 e. The average Bonchev–Trinajstić information content (AvgIpc) is 3.27. The lowest BCUT2D eigenvalue weighted by molar-refractivity contribution is -0.169. The van der Waals surface area contributed by atoms with Crippen LogP contribution in [-0.4, -0.2) is 57.1 Å². The van der Waals surface area contributed by atoms with Gasteiger partial charge in [0.1, 0.15) is 0 Å². The zero-order valence-corrected chi connectivity index (χ0v) is 21.6. The van der Waals surface area contributed by atoms with Crippen LogP contribution in [0.15, 0.2) is 35.9 Å². The van der Waals surface area contributed by atoms with Crippen LogP contribution in [0.25, 0.3) is 6.08 Å². The lowest BCUT2D eigenvalue weighted by Crippen LogP contribution is -2.41. The molecule has 0 unspecified atom stereocenters. The summed E-state index contributed by atoms with van der Waals surface area (Å²) < 4.78 is 28.2. The summed E-state index contributed by atoms with van der Waals surface area (Å²) in [6.45, 7) is 9.11. The van der Waals surface area contributed by atoms with Crippen molar-refractivity contribution in [1.82, 2.24) is 0 Å². The molecule has 1 aliphatic heterocycles. The van der Waals surface area contributed by atoms with Crippen LogP contribution < -0.4 is 0 Å². The summed E-state index contributed by atoms with van der Waals surface area (Å²) in [4.78, 5) is 37.8. The number of methoxy groups -OCH3 is 2. The van der Waals surface area contributed by atoms with Gasteiger partial charge in [0.25, 0.3) is 0 Å². The van der Waals surface area contributed by atoms with Crippen LogP contribution >= 0.6 is 0 Å². The maximum Gasteiger partial charge on any atom is 0.465 e. The number of hydrogen-bond donors (Lipinski definition) is 0. The Kier molecular flexibility index (Phi) is 7.81. The molecule has 8 nitrogen and oxygen atoms in total. The number of rotatable bonds is 7. The van der Waals surface area contributed by atoms with E-state index in [0.717, 1.165) is 11.1 Å². The summed E-state index contributed by atoms with van der Waals surface area (Å²) in [7, 11) is 1.78. The van der Waals surface area contributed by atoms with Crippen molar-refractivity contribution in [2.75, 3.05) is 20.8 Å². The van der Waals surface area contributed by atoms with Crippen LogP contribution in [0.1, 0.15) is 53.0 Å². The van der Waals surface area contributed by atoms with Crippen molar-refractivity contribution in [3.05, 3.63) is 41.5 Å². The number of hydrogen-bond acceptors (Lipinski definition) is 8. The Hall–Kier alpha value is -2.65. The molecular formula is C26H35BO8. The minimum atomic E-state index is -1.52. The van der Waals surface area contributed by atoms with Gasteiger partial charge in [-0.1, -0.05) is 42.0 Å². The molecule has 0 N–H and O–H groups in total. The molecule has 1 saturated carbocycles. The second kappa shape index (κ2) is 10.1. The van der Waals surface area contributed by atoms with Gasteiger partial charge in [0.15, 0.2) is 5.41 Å². The Bertz CT molecular complexity index is 952. The van der Waals surface area contributed by atoms with Crippen molar-refractivity contribution in [1.29, 1.82) is 0 Å². The second-order valence-electron chi connectivity index (χ2n) is 10.3. The van der Waals surface area contributed by atoms with Crippen molar-refractivity contribution in [3.63, 3.8) is 0 Å². The summed E-state index contributed by atoms with van der Waals surface area (Å²) in [6, 6.07) is 9.62. The molecule has 2 fully saturated rings. The summed E-state index contributed by atoms with van der Waals surface area (Å²) in [5, 5.41) is 0. The van der Waals surface area contributed by atoms with Crippen molar-refractivity contribution in [2.45, 2.75) is 64.5 Å². The molecule has 2 aliphatic rings. The first-order chi connectivity index (χ1) is 16.4. The summed E-state index contributed by atoms with van der Waals surface area (Å²) in [5.74, 6) is -2.63. The maximum atomic E-state index is 13.0. The Labute approximate surface area is 207 Å². The predicted octanol–water partition coefficient (Wildman–Crippen LogP) is 3.84. The fraction of sp³-hybridized carbons (Fsp3) is 0.577. The SMILES string of the molecule is COC(=O)C1(C(=O)OC)C/C(=C\c2ccccc2)[C@@H]([C@H](COC(C)=O)B2OC(C)(C)C(C)(C)O2)C1. The Balaban J connectivity index is 2.11. The van der Waals surface area contributed by atoms with E-state index in [-0.39, 0.29) is 25.4 Å². The molecule has 1 heterocycles. The third kappa shape index (κ3) is 5.31. The third-order valence-electron chi connectivity index (χ3n) is 7.47. The molecule has 1 aliphatic carbocycles. The number of carbonyl (C=O) groups is 3. The molecule has 35 heavy (non-hydrogen) atoms. The van der Waals surface area contributed by atoms with E-state index < -0.39 is 47.5 Å². The Morgan fingerprint density at radius 3 is 2.06 bits per heavy atom. The Morgan fingerprint density at radius 2 is 1.57 bits per heavy atom. The molecule has 0 amide bonds. The van der Waals surface area contributed by atoms with Gasteiger partial charge in [-0.15, -0.1) is 0 Å². The van der Waals surface area contributed by atoms with Crippen molar-refractivity contribution in [3.8, 4) is 0 Å². The van der Waals surface area contributed by atoms with Gasteiger partial charge in [0.2, 0.25) is 0 Å². The number of benzene rings is 1. The first kappa shape index (κ1) is 27.0. The number of carbonyl (C=O) groups excluding carboxylic acids is 3. The third-order valence-corrected chi connectivity index (χ3v) is 7.47. The van der Waals surface area contributed by atoms with E-state index in [0.29, 0.717) is 0 Å². The molecule has 3 rings (SSSR count). The largest absolute Gasteiger partial charge is 0.468 e. The fourth-order valence-corrected chi connectivity index (χ4v) is 4.85. The van der Waals surface area contributed by atoms with Crippen LogP contribution in [0, 0.1) is 11.3 Å². The molecule has 2 atom stereocenters. The van der Waals surface area contributed by atoms with E-state index >= 15 is 0 Å². The number of allylic oxidation sites excluding steroid dienone is 1. The van der Waals surface area contributed by atoms with Crippen LogP contribution in [0.3, 0.4) is 0 Å². The highest BCUT2D eigenvalue weighted by atomic mass is 16.7. The monoisotopic (exact) mass is 486 g/mol. The highest BCUT2D eigenvalue weighted by Gasteiger charge is 2.61. The van der Waals surface area contributed by atoms with Gasteiger partial charge in [-0.2, -0.15) is 0 Å². The van der Waals surface area contributed by atoms with Crippen LogP contribution in [0.4, 0.5) is 0 Å². The molecule has 190 valence electrons. The highest BCUT2D eigenvalue weighted by molar-refractivity contribution is 6.47. The summed E-state index contributed by atoms with van der Waals surface area (Å²) in [5.41, 5.74) is -1.00. The molecular weight excluding hydrogens is 451 g/mol. The molecule has 1 aromatic rings. The first-order valence-electron chi connectivity index (χ1n) is 11.8. The highest BCUT2D eigenvalue weighted by Crippen LogP contribution is 2.54. The minimum absolute atomic E-state index is 0.00137. The van der Waals surface area contributed by atoms with Gasteiger partial charge in [-0.25, -0.2) is 0 Å².